The van der Waals surface area contributed by atoms with E-state index in [9.17, 15) is 0 Å². The molecular weight excluding hydrogens is 611 g/mol. The maximum absolute atomic E-state index is 5.29. The van der Waals surface area contributed by atoms with Gasteiger partial charge >= 0.3 is 0 Å². The Bertz CT molecular complexity index is 2920. The molecule has 6 aromatic carbocycles. The summed E-state index contributed by atoms with van der Waals surface area (Å²) in [5, 5.41) is 7.20. The highest BCUT2D eigenvalue weighted by Crippen LogP contribution is 2.41. The molecule has 0 aliphatic carbocycles. The van der Waals surface area contributed by atoms with E-state index in [0.717, 1.165) is 38.4 Å². The van der Waals surface area contributed by atoms with E-state index in [0.29, 0.717) is 17.6 Å². The van der Waals surface area contributed by atoms with Crippen molar-refractivity contribution >= 4 is 59.9 Å². The second-order valence-corrected chi connectivity index (χ2v) is 13.7. The Morgan fingerprint density at radius 1 is 0.380 bits per heavy atom. The van der Waals surface area contributed by atoms with Crippen molar-refractivity contribution in [2.45, 2.75) is 27.7 Å². The highest BCUT2D eigenvalue weighted by Gasteiger charge is 2.22. The summed E-state index contributed by atoms with van der Waals surface area (Å²) in [4.78, 5) is 15.7. The maximum atomic E-state index is 5.29. The van der Waals surface area contributed by atoms with Crippen molar-refractivity contribution in [3.8, 4) is 28.7 Å². The lowest BCUT2D eigenvalue weighted by Crippen LogP contribution is -2.07. The monoisotopic (exact) mass is 643 g/mol. The van der Waals surface area contributed by atoms with Gasteiger partial charge in [0.2, 0.25) is 5.95 Å². The Morgan fingerprint density at radius 3 is 1.46 bits per heavy atom. The lowest BCUT2D eigenvalue weighted by atomic mass is 10.1. The first-order valence-corrected chi connectivity index (χ1v) is 17.1. The summed E-state index contributed by atoms with van der Waals surface area (Å²) in [6, 6.07) is 46.0. The van der Waals surface area contributed by atoms with Crippen LogP contribution in [-0.4, -0.2) is 23.9 Å². The zero-order valence-electron chi connectivity index (χ0n) is 28.4. The molecule has 5 heteroatoms. The van der Waals surface area contributed by atoms with Crippen LogP contribution in [0.5, 0.6) is 0 Å². The van der Waals surface area contributed by atoms with Crippen LogP contribution in [0.15, 0.2) is 127 Å². The van der Waals surface area contributed by atoms with Crippen LogP contribution in [0, 0.1) is 27.7 Å². The van der Waals surface area contributed by atoms with Crippen molar-refractivity contribution in [2.75, 3.05) is 0 Å². The molecule has 50 heavy (non-hydrogen) atoms. The standard InChI is InChI=1S/C45H33N5/c1-26-19-27(2)22-30(21-26)43-46-44(31-23-28(3)20-29(4)24-31)48-45(47-43)50-39-16-10-8-14-35(39)36-17-18-40-37(42(36)50)25-41-34-13-6-5-11-32(34)33-12-7-9-15-38(33)49(40)41/h5-25H,1-4H3. The molecule has 0 fully saturated rings. The number of hydrogen-bond acceptors (Lipinski definition) is 3. The molecule has 0 atom stereocenters. The van der Waals surface area contributed by atoms with Crippen LogP contribution >= 0.6 is 0 Å². The van der Waals surface area contributed by atoms with Gasteiger partial charge in [-0.1, -0.05) is 101 Å². The largest absolute Gasteiger partial charge is 0.309 e. The van der Waals surface area contributed by atoms with E-state index in [2.05, 4.69) is 164 Å². The van der Waals surface area contributed by atoms with Gasteiger partial charge in [-0.25, -0.2) is 4.98 Å². The first-order valence-electron chi connectivity index (χ1n) is 17.1. The summed E-state index contributed by atoms with van der Waals surface area (Å²) in [6.45, 7) is 8.49. The fraction of sp³-hybridized carbons (Fsp3) is 0.0889. The highest BCUT2D eigenvalue weighted by atomic mass is 15.2. The van der Waals surface area contributed by atoms with E-state index in [1.807, 2.05) is 0 Å². The number of benzene rings is 6. The summed E-state index contributed by atoms with van der Waals surface area (Å²) in [7, 11) is 0. The SMILES string of the molecule is Cc1cc(C)cc(-c2nc(-c3cc(C)cc(C)c3)nc(-n3c4ccccc4c4ccc5c(cc6c7ccccc7c7ccccc7n65)c43)n2)c1. The van der Waals surface area contributed by atoms with Crippen LogP contribution in [0.1, 0.15) is 22.3 Å². The molecular formula is C45H33N5. The van der Waals surface area contributed by atoms with Gasteiger partial charge in [0, 0.05) is 38.1 Å². The Morgan fingerprint density at radius 2 is 0.860 bits per heavy atom. The summed E-state index contributed by atoms with van der Waals surface area (Å²) in [5.74, 6) is 1.92. The number of nitrogens with zero attached hydrogens (tertiary/aromatic N) is 5. The molecule has 0 saturated carbocycles. The van der Waals surface area contributed by atoms with Gasteiger partial charge in [-0.2, -0.15) is 9.97 Å². The molecule has 0 radical (unpaired) electrons. The van der Waals surface area contributed by atoms with Crippen LogP contribution < -0.4 is 0 Å². The maximum Gasteiger partial charge on any atom is 0.238 e. The van der Waals surface area contributed by atoms with E-state index >= 15 is 0 Å². The Balaban J connectivity index is 1.37. The van der Waals surface area contributed by atoms with Crippen LogP contribution in [0.3, 0.4) is 0 Å². The number of aromatic nitrogens is 5. The number of fused-ring (bicyclic) bond motifs is 12. The third-order valence-corrected chi connectivity index (χ3v) is 10.0. The van der Waals surface area contributed by atoms with E-state index < -0.39 is 0 Å². The van der Waals surface area contributed by atoms with E-state index in [1.54, 1.807) is 0 Å². The van der Waals surface area contributed by atoms with Crippen molar-refractivity contribution in [1.29, 1.82) is 0 Å². The second kappa shape index (κ2) is 10.6. The predicted molar refractivity (Wildman–Crippen MR) is 207 cm³/mol. The lowest BCUT2D eigenvalue weighted by molar-refractivity contribution is 0.954. The average Bonchev–Trinajstić information content (AvgIpc) is 3.68. The minimum Gasteiger partial charge on any atom is -0.309 e. The molecule has 10 rings (SSSR count). The summed E-state index contributed by atoms with van der Waals surface area (Å²) in [6.07, 6.45) is 0. The van der Waals surface area contributed by atoms with Gasteiger partial charge < -0.3 is 4.40 Å². The molecule has 4 aromatic heterocycles. The van der Waals surface area contributed by atoms with Crippen LogP contribution in [0.4, 0.5) is 0 Å². The number of para-hydroxylation sites is 2. The minimum atomic E-state index is 0.604. The molecule has 0 bridgehead atoms. The molecule has 0 saturated heterocycles. The van der Waals surface area contributed by atoms with Gasteiger partial charge in [-0.15, -0.1) is 0 Å². The molecule has 0 aliphatic heterocycles. The molecule has 0 spiro atoms. The average molecular weight is 644 g/mol. The van der Waals surface area contributed by atoms with E-state index in [-0.39, 0.29) is 0 Å². The molecule has 0 unspecified atom stereocenters. The molecule has 238 valence electrons. The quantitative estimate of drug-likeness (QED) is 0.180. The third-order valence-electron chi connectivity index (χ3n) is 10.0. The number of aryl methyl sites for hydroxylation is 4. The zero-order valence-corrected chi connectivity index (χ0v) is 28.4. The first kappa shape index (κ1) is 28.7. The topological polar surface area (TPSA) is 48.0 Å². The molecule has 5 nitrogen and oxygen atoms in total. The van der Waals surface area contributed by atoms with Crippen LogP contribution in [0.25, 0.3) is 88.6 Å². The van der Waals surface area contributed by atoms with Crippen molar-refractivity contribution in [3.63, 3.8) is 0 Å². The Labute approximate surface area is 289 Å². The Kier molecular flexibility index (Phi) is 6.07. The summed E-state index contributed by atoms with van der Waals surface area (Å²) < 4.78 is 4.68. The van der Waals surface area contributed by atoms with Gasteiger partial charge in [0.15, 0.2) is 11.6 Å². The number of rotatable bonds is 3. The minimum absolute atomic E-state index is 0.604. The van der Waals surface area contributed by atoms with Gasteiger partial charge in [-0.05, 0) is 81.6 Å². The predicted octanol–water partition coefficient (Wildman–Crippen LogP) is 11.2. The second-order valence-electron chi connectivity index (χ2n) is 13.7. The molecule has 0 aliphatic rings. The zero-order chi connectivity index (χ0) is 33.7. The lowest BCUT2D eigenvalue weighted by Gasteiger charge is -2.13. The smallest absolute Gasteiger partial charge is 0.238 e. The molecule has 0 N–H and O–H groups in total. The van der Waals surface area contributed by atoms with Crippen LogP contribution in [-0.2, 0) is 0 Å². The summed E-state index contributed by atoms with van der Waals surface area (Å²) >= 11 is 0. The fourth-order valence-electron chi connectivity index (χ4n) is 8.17. The molecule has 10 aromatic rings. The van der Waals surface area contributed by atoms with E-state index in [1.165, 1.54) is 54.8 Å². The Hall–Kier alpha value is -6.33. The van der Waals surface area contributed by atoms with Crippen molar-refractivity contribution in [3.05, 3.63) is 150 Å². The van der Waals surface area contributed by atoms with Crippen molar-refractivity contribution in [2.24, 2.45) is 0 Å². The van der Waals surface area contributed by atoms with Gasteiger partial charge in [0.25, 0.3) is 0 Å². The summed E-state index contributed by atoms with van der Waals surface area (Å²) in [5.41, 5.74) is 12.3. The number of pyridine rings is 1. The third kappa shape index (κ3) is 4.23. The van der Waals surface area contributed by atoms with Gasteiger partial charge in [0.1, 0.15) is 0 Å². The fourth-order valence-corrected chi connectivity index (χ4v) is 8.17. The van der Waals surface area contributed by atoms with Gasteiger partial charge in [-0.3, -0.25) is 4.57 Å². The highest BCUT2D eigenvalue weighted by molar-refractivity contribution is 6.22. The van der Waals surface area contributed by atoms with Crippen LogP contribution in [0.2, 0.25) is 0 Å². The first-order chi connectivity index (χ1) is 24.4. The van der Waals surface area contributed by atoms with Crippen molar-refractivity contribution in [1.82, 2.24) is 23.9 Å². The van der Waals surface area contributed by atoms with Crippen molar-refractivity contribution < 1.29 is 0 Å². The normalized spacial score (nSPS) is 12.0. The molecule has 0 amide bonds. The molecule has 4 heterocycles. The van der Waals surface area contributed by atoms with Gasteiger partial charge in [0.05, 0.1) is 27.6 Å². The number of hydrogen-bond donors (Lipinski definition) is 0. The van der Waals surface area contributed by atoms with E-state index in [4.69, 9.17) is 15.0 Å².